The normalized spacial score (nSPS) is 10.8. The SMILES string of the molecule is CCCCCCCOc1ccc(-c2cc(CN)no2)cc1. The van der Waals surface area contributed by atoms with E-state index in [1.807, 2.05) is 30.3 Å². The second-order valence-corrected chi connectivity index (χ2v) is 5.17. The van der Waals surface area contributed by atoms with E-state index in [1.54, 1.807) is 0 Å². The Morgan fingerprint density at radius 1 is 1.10 bits per heavy atom. The molecule has 4 heteroatoms. The first-order valence-corrected chi connectivity index (χ1v) is 7.72. The Kier molecular flexibility index (Phi) is 6.28. The molecular formula is C17H24N2O2. The maximum atomic E-state index is 5.74. The third-order valence-corrected chi connectivity index (χ3v) is 3.42. The summed E-state index contributed by atoms with van der Waals surface area (Å²) in [7, 11) is 0. The van der Waals surface area contributed by atoms with E-state index in [2.05, 4.69) is 12.1 Å². The highest BCUT2D eigenvalue weighted by Crippen LogP contribution is 2.23. The molecule has 114 valence electrons. The lowest BCUT2D eigenvalue weighted by atomic mass is 10.1. The zero-order valence-electron chi connectivity index (χ0n) is 12.7. The molecule has 0 radical (unpaired) electrons. The summed E-state index contributed by atoms with van der Waals surface area (Å²) in [5, 5.41) is 3.89. The van der Waals surface area contributed by atoms with E-state index in [0.717, 1.165) is 35.8 Å². The predicted octanol–water partition coefficient (Wildman–Crippen LogP) is 4.15. The van der Waals surface area contributed by atoms with Crippen molar-refractivity contribution in [2.45, 2.75) is 45.6 Å². The van der Waals surface area contributed by atoms with Crippen molar-refractivity contribution in [3.63, 3.8) is 0 Å². The van der Waals surface area contributed by atoms with Crippen LogP contribution in [0.2, 0.25) is 0 Å². The monoisotopic (exact) mass is 288 g/mol. The van der Waals surface area contributed by atoms with Gasteiger partial charge in [0.05, 0.1) is 12.3 Å². The van der Waals surface area contributed by atoms with E-state index in [0.29, 0.717) is 6.54 Å². The van der Waals surface area contributed by atoms with Crippen LogP contribution < -0.4 is 10.5 Å². The van der Waals surface area contributed by atoms with Gasteiger partial charge < -0.3 is 15.0 Å². The van der Waals surface area contributed by atoms with Gasteiger partial charge in [-0.15, -0.1) is 0 Å². The molecule has 1 aromatic carbocycles. The van der Waals surface area contributed by atoms with E-state index in [1.165, 1.54) is 25.7 Å². The summed E-state index contributed by atoms with van der Waals surface area (Å²) in [6, 6.07) is 9.75. The molecule has 1 aromatic heterocycles. The first-order valence-electron chi connectivity index (χ1n) is 7.72. The van der Waals surface area contributed by atoms with Crippen LogP contribution in [0.5, 0.6) is 5.75 Å². The lowest BCUT2D eigenvalue weighted by Gasteiger charge is -2.06. The van der Waals surface area contributed by atoms with Gasteiger partial charge in [0, 0.05) is 18.2 Å². The number of rotatable bonds is 9. The largest absolute Gasteiger partial charge is 0.494 e. The zero-order valence-corrected chi connectivity index (χ0v) is 12.7. The van der Waals surface area contributed by atoms with Gasteiger partial charge in [0.25, 0.3) is 0 Å². The molecule has 0 amide bonds. The molecule has 0 aliphatic carbocycles. The minimum atomic E-state index is 0.392. The molecule has 2 aromatic rings. The Labute approximate surface area is 126 Å². The Hall–Kier alpha value is -1.81. The second kappa shape index (κ2) is 8.47. The molecular weight excluding hydrogens is 264 g/mol. The van der Waals surface area contributed by atoms with Crippen molar-refractivity contribution in [1.82, 2.24) is 5.16 Å². The highest BCUT2D eigenvalue weighted by Gasteiger charge is 2.05. The van der Waals surface area contributed by atoms with Gasteiger partial charge in [-0.2, -0.15) is 0 Å². The standard InChI is InChI=1S/C17H24N2O2/c1-2-3-4-5-6-11-20-16-9-7-14(8-10-16)17-12-15(13-18)19-21-17/h7-10,12H,2-6,11,13,18H2,1H3. The third-order valence-electron chi connectivity index (χ3n) is 3.42. The highest BCUT2D eigenvalue weighted by molar-refractivity contribution is 5.58. The number of ether oxygens (including phenoxy) is 1. The molecule has 4 nitrogen and oxygen atoms in total. The first-order chi connectivity index (χ1) is 10.3. The van der Waals surface area contributed by atoms with Gasteiger partial charge in [0.2, 0.25) is 0 Å². The summed E-state index contributed by atoms with van der Waals surface area (Å²) in [5.74, 6) is 1.63. The van der Waals surface area contributed by atoms with Crippen LogP contribution in [0.1, 0.15) is 44.7 Å². The van der Waals surface area contributed by atoms with Crippen LogP contribution in [0.4, 0.5) is 0 Å². The van der Waals surface area contributed by atoms with Crippen molar-refractivity contribution in [2.75, 3.05) is 6.61 Å². The fourth-order valence-corrected chi connectivity index (χ4v) is 2.16. The van der Waals surface area contributed by atoms with Crippen molar-refractivity contribution in [3.05, 3.63) is 36.0 Å². The van der Waals surface area contributed by atoms with Gasteiger partial charge in [0.1, 0.15) is 5.75 Å². The maximum Gasteiger partial charge on any atom is 0.167 e. The minimum absolute atomic E-state index is 0.392. The molecule has 2 rings (SSSR count). The number of aromatic nitrogens is 1. The smallest absolute Gasteiger partial charge is 0.167 e. The van der Waals surface area contributed by atoms with Crippen molar-refractivity contribution < 1.29 is 9.26 Å². The molecule has 0 aliphatic heterocycles. The van der Waals surface area contributed by atoms with Crippen LogP contribution in [0, 0.1) is 0 Å². The lowest BCUT2D eigenvalue weighted by molar-refractivity contribution is 0.304. The number of hydrogen-bond acceptors (Lipinski definition) is 4. The highest BCUT2D eigenvalue weighted by atomic mass is 16.5. The molecule has 0 spiro atoms. The Balaban J connectivity index is 1.79. The fourth-order valence-electron chi connectivity index (χ4n) is 2.16. The fraction of sp³-hybridized carbons (Fsp3) is 0.471. The van der Waals surface area contributed by atoms with Crippen molar-refractivity contribution in [1.29, 1.82) is 0 Å². The van der Waals surface area contributed by atoms with Gasteiger partial charge in [-0.05, 0) is 30.7 Å². The van der Waals surface area contributed by atoms with Crippen LogP contribution in [0.3, 0.4) is 0 Å². The molecule has 2 N–H and O–H groups in total. The summed E-state index contributed by atoms with van der Waals surface area (Å²) in [6.07, 6.45) is 6.25. The van der Waals surface area contributed by atoms with Gasteiger partial charge in [-0.3, -0.25) is 0 Å². The zero-order chi connectivity index (χ0) is 14.9. The number of nitrogens with zero attached hydrogens (tertiary/aromatic N) is 1. The number of hydrogen-bond donors (Lipinski definition) is 1. The molecule has 1 heterocycles. The summed E-state index contributed by atoms with van der Waals surface area (Å²) in [5.41, 5.74) is 7.27. The average Bonchev–Trinajstić information content (AvgIpc) is 3.00. The molecule has 0 saturated heterocycles. The maximum absolute atomic E-state index is 5.74. The summed E-state index contributed by atoms with van der Waals surface area (Å²) in [4.78, 5) is 0. The Morgan fingerprint density at radius 3 is 2.52 bits per heavy atom. The average molecular weight is 288 g/mol. The Bertz CT molecular complexity index is 520. The van der Waals surface area contributed by atoms with Crippen LogP contribution in [0.25, 0.3) is 11.3 Å². The van der Waals surface area contributed by atoms with E-state index in [9.17, 15) is 0 Å². The van der Waals surface area contributed by atoms with Gasteiger partial charge >= 0.3 is 0 Å². The quantitative estimate of drug-likeness (QED) is 0.704. The number of nitrogens with two attached hydrogens (primary N) is 1. The molecule has 0 unspecified atom stereocenters. The van der Waals surface area contributed by atoms with E-state index in [4.69, 9.17) is 15.0 Å². The van der Waals surface area contributed by atoms with Crippen LogP contribution in [-0.2, 0) is 6.54 Å². The van der Waals surface area contributed by atoms with Crippen molar-refractivity contribution >= 4 is 0 Å². The third kappa shape index (κ3) is 4.90. The van der Waals surface area contributed by atoms with Crippen LogP contribution >= 0.6 is 0 Å². The predicted molar refractivity (Wildman–Crippen MR) is 84.1 cm³/mol. The first kappa shape index (κ1) is 15.6. The summed E-state index contributed by atoms with van der Waals surface area (Å²) >= 11 is 0. The van der Waals surface area contributed by atoms with E-state index >= 15 is 0 Å². The van der Waals surface area contributed by atoms with Crippen LogP contribution in [-0.4, -0.2) is 11.8 Å². The van der Waals surface area contributed by atoms with Gasteiger partial charge in [-0.25, -0.2) is 0 Å². The molecule has 0 bridgehead atoms. The molecule has 0 fully saturated rings. The molecule has 0 atom stereocenters. The lowest BCUT2D eigenvalue weighted by Crippen LogP contribution is -1.97. The number of benzene rings is 1. The van der Waals surface area contributed by atoms with Gasteiger partial charge in [0.15, 0.2) is 5.76 Å². The number of unbranched alkanes of at least 4 members (excludes halogenated alkanes) is 4. The topological polar surface area (TPSA) is 61.3 Å². The second-order valence-electron chi connectivity index (χ2n) is 5.17. The summed E-state index contributed by atoms with van der Waals surface area (Å²) in [6.45, 7) is 3.40. The molecule has 0 aliphatic rings. The van der Waals surface area contributed by atoms with Crippen molar-refractivity contribution in [3.8, 4) is 17.1 Å². The van der Waals surface area contributed by atoms with E-state index < -0.39 is 0 Å². The molecule has 21 heavy (non-hydrogen) atoms. The van der Waals surface area contributed by atoms with Gasteiger partial charge in [-0.1, -0.05) is 37.8 Å². The van der Waals surface area contributed by atoms with Crippen molar-refractivity contribution in [2.24, 2.45) is 5.73 Å². The summed E-state index contributed by atoms with van der Waals surface area (Å²) < 4.78 is 11.0. The minimum Gasteiger partial charge on any atom is -0.494 e. The van der Waals surface area contributed by atoms with Crippen LogP contribution in [0.15, 0.2) is 34.9 Å². The van der Waals surface area contributed by atoms with E-state index in [-0.39, 0.29) is 0 Å². The Morgan fingerprint density at radius 2 is 1.86 bits per heavy atom. The molecule has 0 saturated carbocycles.